The Morgan fingerprint density at radius 3 is 1.88 bits per heavy atom. The van der Waals surface area contributed by atoms with E-state index >= 15 is 0 Å². The molecule has 1 atom stereocenters. The summed E-state index contributed by atoms with van der Waals surface area (Å²) in [5, 5.41) is 2.82. The van der Waals surface area contributed by atoms with Gasteiger partial charge in [0.15, 0.2) is 0 Å². The number of ketones is 1. The van der Waals surface area contributed by atoms with Crippen LogP contribution < -0.4 is 16.8 Å². The summed E-state index contributed by atoms with van der Waals surface area (Å²) in [4.78, 5) is 29.8. The Bertz CT molecular complexity index is 380. The summed E-state index contributed by atoms with van der Waals surface area (Å²) in [6.07, 6.45) is 0.433. The van der Waals surface area contributed by atoms with Crippen molar-refractivity contribution in [3.8, 4) is 0 Å². The summed E-state index contributed by atoms with van der Waals surface area (Å²) < 4.78 is 0. The van der Waals surface area contributed by atoms with Crippen LogP contribution in [0, 0.1) is 0 Å². The number of carbonyl (C=O) groups is 2. The van der Waals surface area contributed by atoms with E-state index in [0.29, 0.717) is 19.5 Å². The second-order valence-corrected chi connectivity index (χ2v) is 6.68. The molecule has 0 saturated heterocycles. The Kier molecular flexibility index (Phi) is 13.5. The molecule has 0 aliphatic carbocycles. The number of nitrogens with zero attached hydrogens (tertiary/aromatic N) is 3. The zero-order valence-corrected chi connectivity index (χ0v) is 16.5. The fraction of sp³-hybridized carbons (Fsp3) is 0.882. The highest BCUT2D eigenvalue weighted by Gasteiger charge is 2.15. The molecule has 0 aliphatic heterocycles. The first-order chi connectivity index (χ1) is 11.8. The number of nitrogens with two attached hydrogens (primary N) is 2. The van der Waals surface area contributed by atoms with Crippen LogP contribution in [0.4, 0.5) is 0 Å². The molecule has 25 heavy (non-hydrogen) atoms. The maximum absolute atomic E-state index is 11.7. The van der Waals surface area contributed by atoms with Crippen molar-refractivity contribution in [3.05, 3.63) is 0 Å². The van der Waals surface area contributed by atoms with Gasteiger partial charge in [-0.1, -0.05) is 6.92 Å². The van der Waals surface area contributed by atoms with Crippen molar-refractivity contribution in [1.82, 2.24) is 20.0 Å². The van der Waals surface area contributed by atoms with E-state index in [1.807, 2.05) is 7.05 Å². The molecule has 0 aromatic heterocycles. The molecular weight excluding hydrogens is 320 g/mol. The Morgan fingerprint density at radius 1 is 0.920 bits per heavy atom. The van der Waals surface area contributed by atoms with Crippen molar-refractivity contribution in [2.75, 3.05) is 73.5 Å². The van der Waals surface area contributed by atoms with Gasteiger partial charge in [-0.25, -0.2) is 0 Å². The van der Waals surface area contributed by atoms with Gasteiger partial charge in [0.05, 0.1) is 6.04 Å². The maximum Gasteiger partial charge on any atom is 0.222 e. The number of rotatable bonds is 15. The lowest BCUT2D eigenvalue weighted by molar-refractivity contribution is -0.126. The van der Waals surface area contributed by atoms with Crippen LogP contribution in [0.15, 0.2) is 0 Å². The quantitative estimate of drug-likeness (QED) is 0.329. The molecule has 1 unspecified atom stereocenters. The highest BCUT2D eigenvalue weighted by atomic mass is 16.2. The van der Waals surface area contributed by atoms with Crippen molar-refractivity contribution < 1.29 is 9.59 Å². The number of nitrogens with one attached hydrogen (secondary N) is 1. The van der Waals surface area contributed by atoms with Crippen LogP contribution in [-0.2, 0) is 9.59 Å². The van der Waals surface area contributed by atoms with Gasteiger partial charge >= 0.3 is 0 Å². The number of Topliss-reactive ketones (excluding diaryl/α,β-unsaturated/α-hetero) is 1. The van der Waals surface area contributed by atoms with Crippen LogP contribution in [0.25, 0.3) is 0 Å². The average molecular weight is 359 g/mol. The van der Waals surface area contributed by atoms with Crippen molar-refractivity contribution in [2.24, 2.45) is 11.5 Å². The summed E-state index contributed by atoms with van der Waals surface area (Å²) in [7, 11) is 6.22. The van der Waals surface area contributed by atoms with Gasteiger partial charge in [-0.2, -0.15) is 0 Å². The molecular formula is C17H38N6O2. The van der Waals surface area contributed by atoms with Crippen molar-refractivity contribution in [1.29, 1.82) is 0 Å². The second kappa shape index (κ2) is 14.1. The summed E-state index contributed by atoms with van der Waals surface area (Å²) in [6, 6.07) is -0.686. The van der Waals surface area contributed by atoms with Crippen molar-refractivity contribution >= 4 is 11.7 Å². The molecule has 0 saturated carbocycles. The van der Waals surface area contributed by atoms with E-state index in [1.165, 1.54) is 0 Å². The second-order valence-electron chi connectivity index (χ2n) is 6.68. The third-order valence-corrected chi connectivity index (χ3v) is 4.22. The van der Waals surface area contributed by atoms with E-state index in [9.17, 15) is 9.59 Å². The molecule has 0 spiro atoms. The molecule has 0 aromatic carbocycles. The SMILES string of the molecule is CCC(=O)C(N)CC(=O)NCCN(C)CCN(C)CCN(C)CCN. The summed E-state index contributed by atoms with van der Waals surface area (Å²) in [5.41, 5.74) is 11.2. The van der Waals surface area contributed by atoms with Crippen LogP contribution >= 0.6 is 0 Å². The van der Waals surface area contributed by atoms with E-state index in [-0.39, 0.29) is 18.1 Å². The zero-order valence-electron chi connectivity index (χ0n) is 16.5. The van der Waals surface area contributed by atoms with Gasteiger partial charge in [-0.15, -0.1) is 0 Å². The summed E-state index contributed by atoms with van der Waals surface area (Å²) in [5.74, 6) is -0.241. The van der Waals surface area contributed by atoms with Gasteiger partial charge in [0.1, 0.15) is 5.78 Å². The van der Waals surface area contributed by atoms with E-state index in [4.69, 9.17) is 11.5 Å². The summed E-state index contributed by atoms with van der Waals surface area (Å²) in [6.45, 7) is 8.59. The molecule has 0 radical (unpaired) electrons. The predicted molar refractivity (Wildman–Crippen MR) is 102 cm³/mol. The van der Waals surface area contributed by atoms with Gasteiger partial charge in [-0.05, 0) is 21.1 Å². The van der Waals surface area contributed by atoms with E-state index in [0.717, 1.165) is 39.3 Å². The first kappa shape index (κ1) is 23.9. The summed E-state index contributed by atoms with van der Waals surface area (Å²) >= 11 is 0. The van der Waals surface area contributed by atoms with Crippen LogP contribution in [-0.4, -0.2) is 106 Å². The smallest absolute Gasteiger partial charge is 0.222 e. The van der Waals surface area contributed by atoms with Gasteiger partial charge in [0, 0.05) is 65.2 Å². The minimum atomic E-state index is -0.686. The van der Waals surface area contributed by atoms with Crippen LogP contribution in [0.5, 0.6) is 0 Å². The fourth-order valence-corrected chi connectivity index (χ4v) is 2.27. The molecule has 0 aromatic rings. The van der Waals surface area contributed by atoms with E-state index < -0.39 is 6.04 Å². The van der Waals surface area contributed by atoms with Gasteiger partial charge in [0.2, 0.25) is 5.91 Å². The normalized spacial score (nSPS) is 12.8. The largest absolute Gasteiger partial charge is 0.355 e. The number of amides is 1. The van der Waals surface area contributed by atoms with Gasteiger partial charge in [-0.3, -0.25) is 9.59 Å². The Hall–Kier alpha value is -1.06. The molecule has 5 N–H and O–H groups in total. The number of hydrogen-bond acceptors (Lipinski definition) is 7. The molecule has 0 aliphatic rings. The first-order valence-corrected chi connectivity index (χ1v) is 9.10. The molecule has 148 valence electrons. The molecule has 8 nitrogen and oxygen atoms in total. The lowest BCUT2D eigenvalue weighted by atomic mass is 10.1. The molecule has 0 bridgehead atoms. The Balaban J connectivity index is 3.77. The number of hydrogen-bond donors (Lipinski definition) is 3. The number of likely N-dealkylation sites (N-methyl/N-ethyl adjacent to an activating group) is 3. The lowest BCUT2D eigenvalue weighted by Gasteiger charge is -2.24. The lowest BCUT2D eigenvalue weighted by Crippen LogP contribution is -2.41. The highest BCUT2D eigenvalue weighted by Crippen LogP contribution is 1.94. The van der Waals surface area contributed by atoms with Crippen LogP contribution in [0.1, 0.15) is 19.8 Å². The molecule has 0 rings (SSSR count). The topological polar surface area (TPSA) is 108 Å². The van der Waals surface area contributed by atoms with Crippen LogP contribution in [0.3, 0.4) is 0 Å². The van der Waals surface area contributed by atoms with Gasteiger partial charge in [0.25, 0.3) is 0 Å². The fourth-order valence-electron chi connectivity index (χ4n) is 2.27. The van der Waals surface area contributed by atoms with E-state index in [1.54, 1.807) is 6.92 Å². The monoisotopic (exact) mass is 358 g/mol. The first-order valence-electron chi connectivity index (χ1n) is 9.10. The van der Waals surface area contributed by atoms with Crippen LogP contribution in [0.2, 0.25) is 0 Å². The number of carbonyl (C=O) groups excluding carboxylic acids is 2. The van der Waals surface area contributed by atoms with Crippen molar-refractivity contribution in [2.45, 2.75) is 25.8 Å². The van der Waals surface area contributed by atoms with E-state index in [2.05, 4.69) is 34.1 Å². The molecule has 1 amide bonds. The standard InChI is InChI=1S/C17H38N6O2/c1-5-16(24)15(19)14-17(25)20-7-9-22(3)11-13-23(4)12-10-21(2)8-6-18/h15H,5-14,18-19H2,1-4H3,(H,20,25). The molecule has 0 fully saturated rings. The maximum atomic E-state index is 11.7. The van der Waals surface area contributed by atoms with Gasteiger partial charge < -0.3 is 31.5 Å². The average Bonchev–Trinajstić information content (AvgIpc) is 2.57. The van der Waals surface area contributed by atoms with Crippen molar-refractivity contribution in [3.63, 3.8) is 0 Å². The highest BCUT2D eigenvalue weighted by molar-refractivity contribution is 5.89. The Labute approximate surface area is 152 Å². The third kappa shape index (κ3) is 12.9. The minimum Gasteiger partial charge on any atom is -0.355 e. The molecule has 0 heterocycles. The zero-order chi connectivity index (χ0) is 19.2. The third-order valence-electron chi connectivity index (χ3n) is 4.22. The minimum absolute atomic E-state index is 0.0649. The molecule has 8 heteroatoms. The predicted octanol–water partition coefficient (Wildman–Crippen LogP) is -1.45. The Morgan fingerprint density at radius 2 is 1.40 bits per heavy atom.